The van der Waals surface area contributed by atoms with Crippen molar-refractivity contribution in [2.75, 3.05) is 7.11 Å². The van der Waals surface area contributed by atoms with Crippen LogP contribution in [0.15, 0.2) is 48.2 Å². The lowest BCUT2D eigenvalue weighted by atomic mass is 10.0. The third-order valence-corrected chi connectivity index (χ3v) is 2.73. The first-order valence-electron chi connectivity index (χ1n) is 5.94. The Labute approximate surface area is 112 Å². The van der Waals surface area contributed by atoms with Gasteiger partial charge in [-0.05, 0) is 5.56 Å². The Hall–Kier alpha value is -2.07. The predicted octanol–water partition coefficient (Wildman–Crippen LogP) is 2.31. The number of benzene rings is 1. The van der Waals surface area contributed by atoms with Gasteiger partial charge in [-0.1, -0.05) is 49.4 Å². The van der Waals surface area contributed by atoms with E-state index >= 15 is 0 Å². The second kappa shape index (κ2) is 7.38. The van der Waals surface area contributed by atoms with Gasteiger partial charge in [0.1, 0.15) is 5.76 Å². The smallest absolute Gasteiger partial charge is 0.333 e. The van der Waals surface area contributed by atoms with Gasteiger partial charge in [-0.3, -0.25) is 0 Å². The van der Waals surface area contributed by atoms with Crippen LogP contribution in [0.1, 0.15) is 12.5 Å². The molecule has 2 atom stereocenters. The average Bonchev–Trinajstić information content (AvgIpc) is 2.44. The van der Waals surface area contributed by atoms with Crippen LogP contribution in [0.2, 0.25) is 0 Å². The molecule has 0 heterocycles. The zero-order valence-electron chi connectivity index (χ0n) is 11.0. The number of carbonyl (C=O) groups excluding carboxylic acids is 1. The first-order valence-corrected chi connectivity index (χ1v) is 5.94. The summed E-state index contributed by atoms with van der Waals surface area (Å²) in [6.07, 6.45) is 3.40. The normalized spacial score (nSPS) is 15.2. The molecule has 1 aromatic rings. The molecule has 1 rings (SSSR count). The molecule has 19 heavy (non-hydrogen) atoms. The van der Waals surface area contributed by atoms with Crippen LogP contribution >= 0.6 is 0 Å². The summed E-state index contributed by atoms with van der Waals surface area (Å²) in [4.78, 5) is 11.0. The summed E-state index contributed by atoms with van der Waals surface area (Å²) in [5, 5.41) is 19.5. The predicted molar refractivity (Wildman–Crippen MR) is 73.4 cm³/mol. The number of aliphatic hydroxyl groups excluding tert-OH is 2. The Kier molecular flexibility index (Phi) is 5.82. The van der Waals surface area contributed by atoms with Crippen molar-refractivity contribution in [3.63, 3.8) is 0 Å². The number of methoxy groups -OCH3 is 1. The molecule has 0 amide bonds. The zero-order valence-corrected chi connectivity index (χ0v) is 11.0. The van der Waals surface area contributed by atoms with Crippen molar-refractivity contribution in [1.82, 2.24) is 0 Å². The van der Waals surface area contributed by atoms with E-state index in [1.165, 1.54) is 7.11 Å². The summed E-state index contributed by atoms with van der Waals surface area (Å²) in [6.45, 7) is 1.62. The molecule has 0 fully saturated rings. The average molecular weight is 262 g/mol. The van der Waals surface area contributed by atoms with Gasteiger partial charge in [0.25, 0.3) is 0 Å². The fourth-order valence-corrected chi connectivity index (χ4v) is 1.43. The number of esters is 1. The summed E-state index contributed by atoms with van der Waals surface area (Å²) in [5.41, 5.74) is 0.949. The Bertz CT molecular complexity index is 462. The summed E-state index contributed by atoms with van der Waals surface area (Å²) in [7, 11) is 1.22. The SMILES string of the molecule is COC(=O)C=C(O)C(C)C(O)C=Cc1ccccc1. The van der Waals surface area contributed by atoms with Crippen molar-refractivity contribution in [2.45, 2.75) is 13.0 Å². The van der Waals surface area contributed by atoms with E-state index in [1.807, 2.05) is 30.3 Å². The van der Waals surface area contributed by atoms with Gasteiger partial charge in [-0.25, -0.2) is 4.79 Å². The highest BCUT2D eigenvalue weighted by atomic mass is 16.5. The molecule has 2 N–H and O–H groups in total. The third-order valence-electron chi connectivity index (χ3n) is 2.73. The second-order valence-corrected chi connectivity index (χ2v) is 4.14. The molecule has 0 bridgehead atoms. The van der Waals surface area contributed by atoms with Gasteiger partial charge in [0, 0.05) is 5.92 Å². The topological polar surface area (TPSA) is 66.8 Å². The minimum atomic E-state index is -0.888. The number of rotatable bonds is 5. The summed E-state index contributed by atoms with van der Waals surface area (Å²) in [5.74, 6) is -1.44. The molecule has 0 saturated carbocycles. The van der Waals surface area contributed by atoms with Crippen LogP contribution in [-0.2, 0) is 9.53 Å². The minimum absolute atomic E-state index is 0.211. The van der Waals surface area contributed by atoms with Crippen molar-refractivity contribution in [3.8, 4) is 0 Å². The van der Waals surface area contributed by atoms with Crippen LogP contribution in [0.3, 0.4) is 0 Å². The van der Waals surface area contributed by atoms with Gasteiger partial charge in [-0.2, -0.15) is 0 Å². The van der Waals surface area contributed by atoms with Crippen LogP contribution in [0, 0.1) is 5.92 Å². The van der Waals surface area contributed by atoms with Crippen LogP contribution in [-0.4, -0.2) is 29.4 Å². The second-order valence-electron chi connectivity index (χ2n) is 4.14. The number of hydrogen-bond donors (Lipinski definition) is 2. The van der Waals surface area contributed by atoms with E-state index in [0.717, 1.165) is 11.6 Å². The van der Waals surface area contributed by atoms with E-state index in [-0.39, 0.29) is 5.76 Å². The Morgan fingerprint density at radius 3 is 2.53 bits per heavy atom. The number of hydrogen-bond acceptors (Lipinski definition) is 4. The molecule has 0 aliphatic heterocycles. The zero-order chi connectivity index (χ0) is 14.3. The summed E-state index contributed by atoms with van der Waals surface area (Å²) < 4.78 is 4.41. The van der Waals surface area contributed by atoms with Crippen LogP contribution in [0.25, 0.3) is 6.08 Å². The first kappa shape index (κ1) is 15.0. The number of aliphatic hydroxyl groups is 2. The lowest BCUT2D eigenvalue weighted by molar-refractivity contribution is -0.135. The Morgan fingerprint density at radius 1 is 1.32 bits per heavy atom. The maximum Gasteiger partial charge on any atom is 0.333 e. The van der Waals surface area contributed by atoms with Crippen LogP contribution in [0.5, 0.6) is 0 Å². The molecule has 4 heteroatoms. The Morgan fingerprint density at radius 2 is 1.95 bits per heavy atom. The van der Waals surface area contributed by atoms with Gasteiger partial charge in [0.15, 0.2) is 0 Å². The molecule has 102 valence electrons. The molecule has 2 unspecified atom stereocenters. The molecule has 0 spiro atoms. The van der Waals surface area contributed by atoms with Crippen molar-refractivity contribution < 1.29 is 19.7 Å². The molecule has 0 aliphatic rings. The number of ether oxygens (including phenoxy) is 1. The maximum atomic E-state index is 11.0. The van der Waals surface area contributed by atoms with E-state index in [4.69, 9.17) is 0 Å². The highest BCUT2D eigenvalue weighted by Crippen LogP contribution is 2.15. The Balaban J connectivity index is 2.67. The van der Waals surface area contributed by atoms with Gasteiger partial charge in [-0.15, -0.1) is 0 Å². The van der Waals surface area contributed by atoms with Crippen LogP contribution in [0.4, 0.5) is 0 Å². The van der Waals surface area contributed by atoms with E-state index in [1.54, 1.807) is 19.1 Å². The highest BCUT2D eigenvalue weighted by molar-refractivity contribution is 5.82. The lowest BCUT2D eigenvalue weighted by Gasteiger charge is -2.14. The molecular formula is C15H18O4. The van der Waals surface area contributed by atoms with Crippen molar-refractivity contribution >= 4 is 12.0 Å². The van der Waals surface area contributed by atoms with E-state index in [0.29, 0.717) is 0 Å². The van der Waals surface area contributed by atoms with Gasteiger partial charge < -0.3 is 14.9 Å². The van der Waals surface area contributed by atoms with Crippen molar-refractivity contribution in [3.05, 3.63) is 53.8 Å². The summed E-state index contributed by atoms with van der Waals surface area (Å²) in [6, 6.07) is 9.49. The molecular weight excluding hydrogens is 244 g/mol. The highest BCUT2D eigenvalue weighted by Gasteiger charge is 2.16. The molecule has 0 aromatic heterocycles. The van der Waals surface area contributed by atoms with Gasteiger partial charge in [0.05, 0.1) is 19.3 Å². The fourth-order valence-electron chi connectivity index (χ4n) is 1.43. The van der Waals surface area contributed by atoms with E-state index in [9.17, 15) is 15.0 Å². The van der Waals surface area contributed by atoms with Crippen molar-refractivity contribution in [1.29, 1.82) is 0 Å². The van der Waals surface area contributed by atoms with Crippen molar-refractivity contribution in [2.24, 2.45) is 5.92 Å². The third kappa shape index (κ3) is 4.97. The standard InChI is InChI=1S/C15H18O4/c1-11(14(17)10-15(18)19-2)13(16)9-8-12-6-4-3-5-7-12/h3-11,13,16-17H,1-2H3. The molecule has 0 saturated heterocycles. The quantitative estimate of drug-likeness (QED) is 0.485. The van der Waals surface area contributed by atoms with E-state index in [2.05, 4.69) is 4.74 Å². The maximum absolute atomic E-state index is 11.0. The molecule has 4 nitrogen and oxygen atoms in total. The summed E-state index contributed by atoms with van der Waals surface area (Å²) >= 11 is 0. The fraction of sp³-hybridized carbons (Fsp3) is 0.267. The minimum Gasteiger partial charge on any atom is -0.512 e. The lowest BCUT2D eigenvalue weighted by Crippen LogP contribution is -2.17. The van der Waals surface area contributed by atoms with Gasteiger partial charge in [0.2, 0.25) is 0 Å². The molecule has 1 aromatic carbocycles. The van der Waals surface area contributed by atoms with Gasteiger partial charge >= 0.3 is 5.97 Å². The largest absolute Gasteiger partial charge is 0.512 e. The number of carbonyl (C=O) groups is 1. The molecule has 0 aliphatic carbocycles. The molecule has 0 radical (unpaired) electrons. The first-order chi connectivity index (χ1) is 9.04. The van der Waals surface area contributed by atoms with Crippen LogP contribution < -0.4 is 0 Å². The monoisotopic (exact) mass is 262 g/mol. The van der Waals surface area contributed by atoms with E-state index < -0.39 is 18.0 Å².